The fourth-order valence-electron chi connectivity index (χ4n) is 3.21. The van der Waals surface area contributed by atoms with Crippen LogP contribution in [-0.2, 0) is 9.59 Å². The molecule has 2 saturated heterocycles. The average Bonchev–Trinajstić information content (AvgIpc) is 3.11. The second-order valence-electron chi connectivity index (χ2n) is 6.32. The summed E-state index contributed by atoms with van der Waals surface area (Å²) in [5.74, 6) is 0.295. The molecular formula is C17H23ClN4O2. The third-order valence-electron chi connectivity index (χ3n) is 4.61. The third-order valence-corrected chi connectivity index (χ3v) is 4.94. The van der Waals surface area contributed by atoms with Crippen LogP contribution in [0.4, 0.5) is 5.69 Å². The summed E-state index contributed by atoms with van der Waals surface area (Å²) in [4.78, 5) is 28.5. The molecule has 1 aromatic rings. The molecule has 1 atom stereocenters. The first-order chi connectivity index (χ1) is 11.6. The number of piperazine rings is 1. The summed E-state index contributed by atoms with van der Waals surface area (Å²) >= 11 is 6.05. The predicted octanol–water partition coefficient (Wildman–Crippen LogP) is 1.03. The molecule has 130 valence electrons. The van der Waals surface area contributed by atoms with E-state index in [9.17, 15) is 9.59 Å². The molecule has 0 spiro atoms. The highest BCUT2D eigenvalue weighted by Crippen LogP contribution is 2.20. The molecule has 1 aromatic carbocycles. The molecule has 2 aliphatic rings. The number of hydrogen-bond donors (Lipinski definition) is 2. The quantitative estimate of drug-likeness (QED) is 0.851. The second kappa shape index (κ2) is 7.96. The van der Waals surface area contributed by atoms with Crippen molar-refractivity contribution in [3.8, 4) is 0 Å². The fraction of sp³-hybridized carbons (Fsp3) is 0.529. The number of carbonyl (C=O) groups excluding carboxylic acids is 2. The molecule has 2 amide bonds. The van der Waals surface area contributed by atoms with Gasteiger partial charge in [-0.1, -0.05) is 23.7 Å². The van der Waals surface area contributed by atoms with Gasteiger partial charge in [-0.05, 0) is 25.1 Å². The highest BCUT2D eigenvalue weighted by Gasteiger charge is 2.29. The van der Waals surface area contributed by atoms with Crippen LogP contribution in [-0.4, -0.2) is 67.4 Å². The summed E-state index contributed by atoms with van der Waals surface area (Å²) in [6.45, 7) is 4.86. The molecule has 2 fully saturated rings. The van der Waals surface area contributed by atoms with Crippen LogP contribution in [0.5, 0.6) is 0 Å². The molecule has 0 aliphatic carbocycles. The SMILES string of the molecule is O=C(CN1CCN(C(=O)C2CCNC2)CC1)Nc1ccccc1Cl. The Morgan fingerprint density at radius 2 is 1.96 bits per heavy atom. The summed E-state index contributed by atoms with van der Waals surface area (Å²) in [5, 5.41) is 6.60. The van der Waals surface area contributed by atoms with Gasteiger partial charge in [-0.2, -0.15) is 0 Å². The van der Waals surface area contributed by atoms with Gasteiger partial charge in [0.15, 0.2) is 0 Å². The van der Waals surface area contributed by atoms with E-state index in [1.54, 1.807) is 12.1 Å². The Morgan fingerprint density at radius 1 is 1.21 bits per heavy atom. The summed E-state index contributed by atoms with van der Waals surface area (Å²) in [7, 11) is 0. The fourth-order valence-corrected chi connectivity index (χ4v) is 3.39. The molecule has 2 heterocycles. The molecule has 0 aromatic heterocycles. The Morgan fingerprint density at radius 3 is 2.62 bits per heavy atom. The van der Waals surface area contributed by atoms with Gasteiger partial charge in [0, 0.05) is 32.7 Å². The lowest BCUT2D eigenvalue weighted by Gasteiger charge is -2.35. The van der Waals surface area contributed by atoms with Crippen molar-refractivity contribution in [2.75, 3.05) is 51.1 Å². The van der Waals surface area contributed by atoms with Crippen molar-refractivity contribution in [1.82, 2.24) is 15.1 Å². The molecule has 1 unspecified atom stereocenters. The predicted molar refractivity (Wildman–Crippen MR) is 94.1 cm³/mol. The molecule has 0 saturated carbocycles. The van der Waals surface area contributed by atoms with Gasteiger partial charge in [0.1, 0.15) is 0 Å². The van der Waals surface area contributed by atoms with Gasteiger partial charge in [-0.15, -0.1) is 0 Å². The minimum Gasteiger partial charge on any atom is -0.340 e. The van der Waals surface area contributed by atoms with Crippen molar-refractivity contribution in [2.45, 2.75) is 6.42 Å². The smallest absolute Gasteiger partial charge is 0.238 e. The van der Waals surface area contributed by atoms with Crippen LogP contribution in [0.3, 0.4) is 0 Å². The summed E-state index contributed by atoms with van der Waals surface area (Å²) in [6, 6.07) is 7.20. The number of halogens is 1. The van der Waals surface area contributed by atoms with Crippen molar-refractivity contribution in [1.29, 1.82) is 0 Å². The van der Waals surface area contributed by atoms with Crippen LogP contribution in [0.2, 0.25) is 5.02 Å². The van der Waals surface area contributed by atoms with Crippen LogP contribution in [0.1, 0.15) is 6.42 Å². The number of para-hydroxylation sites is 1. The number of rotatable bonds is 4. The zero-order valence-electron chi connectivity index (χ0n) is 13.6. The maximum absolute atomic E-state index is 12.4. The Kier molecular flexibility index (Phi) is 5.71. The molecule has 0 radical (unpaired) electrons. The highest BCUT2D eigenvalue weighted by atomic mass is 35.5. The molecule has 6 nitrogen and oxygen atoms in total. The Hall–Kier alpha value is -1.63. The van der Waals surface area contributed by atoms with Gasteiger partial charge < -0.3 is 15.5 Å². The van der Waals surface area contributed by atoms with E-state index in [4.69, 9.17) is 11.6 Å². The van der Waals surface area contributed by atoms with Gasteiger partial charge in [-0.25, -0.2) is 0 Å². The number of benzene rings is 1. The average molecular weight is 351 g/mol. The summed E-state index contributed by atoms with van der Waals surface area (Å²) in [5.41, 5.74) is 0.631. The molecule has 2 N–H and O–H groups in total. The van der Waals surface area contributed by atoms with Crippen molar-refractivity contribution in [2.24, 2.45) is 5.92 Å². The molecule has 2 aliphatic heterocycles. The largest absolute Gasteiger partial charge is 0.340 e. The minimum atomic E-state index is -0.0807. The van der Waals surface area contributed by atoms with Crippen molar-refractivity contribution in [3.63, 3.8) is 0 Å². The normalized spacial score (nSPS) is 21.7. The summed E-state index contributed by atoms with van der Waals surface area (Å²) in [6.07, 6.45) is 0.930. The number of amides is 2. The molecule has 3 rings (SSSR count). The molecule has 0 bridgehead atoms. The maximum Gasteiger partial charge on any atom is 0.238 e. The van der Waals surface area contributed by atoms with Crippen molar-refractivity contribution >= 4 is 29.1 Å². The third kappa shape index (κ3) is 4.26. The Labute approximate surface area is 147 Å². The van der Waals surface area contributed by atoms with E-state index in [2.05, 4.69) is 15.5 Å². The lowest BCUT2D eigenvalue weighted by Crippen LogP contribution is -2.52. The van der Waals surface area contributed by atoms with Crippen molar-refractivity contribution in [3.05, 3.63) is 29.3 Å². The molecular weight excluding hydrogens is 328 g/mol. The van der Waals surface area contributed by atoms with E-state index in [0.29, 0.717) is 30.3 Å². The lowest BCUT2D eigenvalue weighted by atomic mass is 10.1. The van der Waals surface area contributed by atoms with Crippen LogP contribution in [0, 0.1) is 5.92 Å². The monoisotopic (exact) mass is 350 g/mol. The van der Waals surface area contributed by atoms with Crippen LogP contribution < -0.4 is 10.6 Å². The van der Waals surface area contributed by atoms with E-state index in [0.717, 1.165) is 32.6 Å². The van der Waals surface area contributed by atoms with Crippen LogP contribution in [0.15, 0.2) is 24.3 Å². The lowest BCUT2D eigenvalue weighted by molar-refractivity contribution is -0.136. The summed E-state index contributed by atoms with van der Waals surface area (Å²) < 4.78 is 0. The molecule has 24 heavy (non-hydrogen) atoms. The van der Waals surface area contributed by atoms with Crippen LogP contribution in [0.25, 0.3) is 0 Å². The van der Waals surface area contributed by atoms with Gasteiger partial charge in [0.05, 0.1) is 23.2 Å². The first-order valence-electron chi connectivity index (χ1n) is 8.40. The van der Waals surface area contributed by atoms with Gasteiger partial charge in [0.25, 0.3) is 0 Å². The van der Waals surface area contributed by atoms with E-state index >= 15 is 0 Å². The molecule has 7 heteroatoms. The minimum absolute atomic E-state index is 0.0807. The van der Waals surface area contributed by atoms with E-state index in [-0.39, 0.29) is 17.7 Å². The van der Waals surface area contributed by atoms with Crippen LogP contribution >= 0.6 is 11.6 Å². The van der Waals surface area contributed by atoms with E-state index < -0.39 is 0 Å². The van der Waals surface area contributed by atoms with Gasteiger partial charge in [-0.3, -0.25) is 14.5 Å². The number of carbonyl (C=O) groups is 2. The number of nitrogens with one attached hydrogen (secondary N) is 2. The van der Waals surface area contributed by atoms with Gasteiger partial charge in [0.2, 0.25) is 11.8 Å². The zero-order valence-corrected chi connectivity index (χ0v) is 14.4. The number of nitrogens with zero attached hydrogens (tertiary/aromatic N) is 2. The second-order valence-corrected chi connectivity index (χ2v) is 6.73. The zero-order chi connectivity index (χ0) is 16.9. The Bertz CT molecular complexity index is 596. The first-order valence-corrected chi connectivity index (χ1v) is 8.77. The van der Waals surface area contributed by atoms with Gasteiger partial charge >= 0.3 is 0 Å². The standard InChI is InChI=1S/C17H23ClN4O2/c18-14-3-1-2-4-15(14)20-16(23)12-21-7-9-22(10-8-21)17(24)13-5-6-19-11-13/h1-4,13,19H,5-12H2,(H,20,23). The first kappa shape index (κ1) is 17.2. The topological polar surface area (TPSA) is 64.7 Å². The highest BCUT2D eigenvalue weighted by molar-refractivity contribution is 6.33. The Balaban J connectivity index is 1.44. The number of hydrogen-bond acceptors (Lipinski definition) is 4. The van der Waals surface area contributed by atoms with E-state index in [1.807, 2.05) is 17.0 Å². The van der Waals surface area contributed by atoms with Crippen molar-refractivity contribution < 1.29 is 9.59 Å². The van der Waals surface area contributed by atoms with E-state index in [1.165, 1.54) is 0 Å². The maximum atomic E-state index is 12.4. The number of anilines is 1.